The predicted molar refractivity (Wildman–Crippen MR) is 123 cm³/mol. The van der Waals surface area contributed by atoms with Crippen molar-refractivity contribution < 1.29 is 19.1 Å². The Bertz CT molecular complexity index is 1180. The van der Waals surface area contributed by atoms with E-state index in [0.717, 1.165) is 11.1 Å². The molecule has 6 heteroatoms. The summed E-state index contributed by atoms with van der Waals surface area (Å²) in [6, 6.07) is 22.2. The van der Waals surface area contributed by atoms with Crippen molar-refractivity contribution in [1.29, 1.82) is 0 Å². The zero-order valence-corrected chi connectivity index (χ0v) is 18.2. The number of anilines is 1. The van der Waals surface area contributed by atoms with Gasteiger partial charge >= 0.3 is 0 Å². The third-order valence-electron chi connectivity index (χ3n) is 5.36. The summed E-state index contributed by atoms with van der Waals surface area (Å²) in [6.07, 6.45) is 0. The smallest absolute Gasteiger partial charge is 0.278 e. The first kappa shape index (κ1) is 21.2. The highest BCUT2D eigenvalue weighted by atomic mass is 16.5. The monoisotopic (exact) mass is 428 g/mol. The molecule has 3 aromatic carbocycles. The number of carbonyl (C=O) groups is 2. The molecule has 0 saturated heterocycles. The van der Waals surface area contributed by atoms with Gasteiger partial charge in [-0.3, -0.25) is 14.5 Å². The minimum Gasteiger partial charge on any atom is -0.497 e. The topological polar surface area (TPSA) is 67.9 Å². The normalized spacial score (nSPS) is 13.5. The number of nitrogens with zero attached hydrogens (tertiary/aromatic N) is 1. The fourth-order valence-corrected chi connectivity index (χ4v) is 3.62. The molecule has 0 saturated carbocycles. The molecule has 0 bridgehead atoms. The van der Waals surface area contributed by atoms with Crippen LogP contribution in [0.1, 0.15) is 16.7 Å². The van der Waals surface area contributed by atoms with Gasteiger partial charge in [0.15, 0.2) is 0 Å². The van der Waals surface area contributed by atoms with Crippen molar-refractivity contribution in [2.75, 3.05) is 19.5 Å². The summed E-state index contributed by atoms with van der Waals surface area (Å²) in [6.45, 7) is 2.19. The van der Waals surface area contributed by atoms with Gasteiger partial charge in [0.05, 0.1) is 32.0 Å². The highest BCUT2D eigenvalue weighted by molar-refractivity contribution is 6.36. The number of imide groups is 1. The fraction of sp³-hybridized carbons (Fsp3) is 0.154. The SMILES string of the molecule is COc1ccc(NC2=C(c3ccccc3)C(=O)N(Cc3ccc(C)cc3)C2=O)c(OC)c1. The summed E-state index contributed by atoms with van der Waals surface area (Å²) in [5.41, 5.74) is 3.79. The largest absolute Gasteiger partial charge is 0.497 e. The summed E-state index contributed by atoms with van der Waals surface area (Å²) < 4.78 is 10.7. The van der Waals surface area contributed by atoms with Crippen LogP contribution < -0.4 is 14.8 Å². The number of ether oxygens (including phenoxy) is 2. The van der Waals surface area contributed by atoms with E-state index in [4.69, 9.17) is 9.47 Å². The number of benzene rings is 3. The van der Waals surface area contributed by atoms with Gasteiger partial charge in [0.1, 0.15) is 17.2 Å². The molecule has 1 aliphatic heterocycles. The minimum absolute atomic E-state index is 0.194. The van der Waals surface area contributed by atoms with Gasteiger partial charge in [-0.2, -0.15) is 0 Å². The summed E-state index contributed by atoms with van der Waals surface area (Å²) in [5.74, 6) is 0.407. The van der Waals surface area contributed by atoms with Crippen molar-refractivity contribution in [2.24, 2.45) is 0 Å². The number of nitrogens with one attached hydrogen (secondary N) is 1. The first-order valence-corrected chi connectivity index (χ1v) is 10.2. The standard InChI is InChI=1S/C26H24N2O4/c1-17-9-11-18(12-10-17)16-28-25(29)23(19-7-5-4-6-8-19)24(26(28)30)27-21-14-13-20(31-2)15-22(21)32-3/h4-15,27H,16H2,1-3H3. The van der Waals surface area contributed by atoms with Gasteiger partial charge in [-0.05, 0) is 30.2 Å². The lowest BCUT2D eigenvalue weighted by Gasteiger charge is -2.16. The van der Waals surface area contributed by atoms with Crippen molar-refractivity contribution in [1.82, 2.24) is 4.90 Å². The zero-order valence-electron chi connectivity index (χ0n) is 18.2. The number of hydrogen-bond acceptors (Lipinski definition) is 5. The van der Waals surface area contributed by atoms with Crippen molar-refractivity contribution in [2.45, 2.75) is 13.5 Å². The molecule has 1 N–H and O–H groups in total. The Morgan fingerprint density at radius 3 is 2.22 bits per heavy atom. The summed E-state index contributed by atoms with van der Waals surface area (Å²) in [7, 11) is 3.11. The quantitative estimate of drug-likeness (QED) is 0.565. The number of amides is 2. The van der Waals surface area contributed by atoms with E-state index in [1.54, 1.807) is 25.3 Å². The van der Waals surface area contributed by atoms with Gasteiger partial charge in [0.25, 0.3) is 11.8 Å². The number of aryl methyl sites for hydroxylation is 1. The van der Waals surface area contributed by atoms with Gasteiger partial charge in [-0.25, -0.2) is 0 Å². The predicted octanol–water partition coefficient (Wildman–Crippen LogP) is 4.40. The van der Waals surface area contributed by atoms with Crippen LogP contribution in [-0.4, -0.2) is 30.9 Å². The first-order chi connectivity index (χ1) is 15.5. The Kier molecular flexibility index (Phi) is 5.94. The van der Waals surface area contributed by atoms with Gasteiger partial charge in [0, 0.05) is 6.07 Å². The van der Waals surface area contributed by atoms with Crippen molar-refractivity contribution in [3.63, 3.8) is 0 Å². The van der Waals surface area contributed by atoms with Crippen LogP contribution in [-0.2, 0) is 16.1 Å². The minimum atomic E-state index is -0.382. The number of hydrogen-bond donors (Lipinski definition) is 1. The van der Waals surface area contributed by atoms with E-state index in [2.05, 4.69) is 5.32 Å². The molecular formula is C26H24N2O4. The maximum Gasteiger partial charge on any atom is 0.278 e. The molecule has 1 heterocycles. The summed E-state index contributed by atoms with van der Waals surface area (Å²) >= 11 is 0. The van der Waals surface area contributed by atoms with Crippen molar-refractivity contribution in [3.8, 4) is 11.5 Å². The third-order valence-corrected chi connectivity index (χ3v) is 5.36. The van der Waals surface area contributed by atoms with Crippen molar-refractivity contribution in [3.05, 3.63) is 95.2 Å². The van der Waals surface area contributed by atoms with E-state index in [9.17, 15) is 9.59 Å². The van der Waals surface area contributed by atoms with Crippen LogP contribution in [0, 0.1) is 6.92 Å². The second-order valence-corrected chi connectivity index (χ2v) is 7.49. The van der Waals surface area contributed by atoms with E-state index in [1.165, 1.54) is 12.0 Å². The average Bonchev–Trinajstić information content (AvgIpc) is 3.05. The Morgan fingerprint density at radius 2 is 1.56 bits per heavy atom. The van der Waals surface area contributed by atoms with Gasteiger partial charge in [0.2, 0.25) is 0 Å². The van der Waals surface area contributed by atoms with E-state index in [0.29, 0.717) is 28.3 Å². The number of carbonyl (C=O) groups excluding carboxylic acids is 2. The molecule has 6 nitrogen and oxygen atoms in total. The van der Waals surface area contributed by atoms with Crippen LogP contribution in [0.5, 0.6) is 11.5 Å². The van der Waals surface area contributed by atoms with E-state index < -0.39 is 0 Å². The maximum atomic E-state index is 13.4. The maximum absolute atomic E-state index is 13.4. The number of methoxy groups -OCH3 is 2. The molecule has 2 amide bonds. The highest BCUT2D eigenvalue weighted by Crippen LogP contribution is 2.35. The van der Waals surface area contributed by atoms with Gasteiger partial charge < -0.3 is 14.8 Å². The van der Waals surface area contributed by atoms with Crippen LogP contribution in [0.3, 0.4) is 0 Å². The Labute approximate surface area is 187 Å². The third kappa shape index (κ3) is 4.07. The second kappa shape index (κ2) is 8.98. The van der Waals surface area contributed by atoms with Crippen LogP contribution in [0.4, 0.5) is 5.69 Å². The Morgan fingerprint density at radius 1 is 0.844 bits per heavy atom. The first-order valence-electron chi connectivity index (χ1n) is 10.2. The zero-order chi connectivity index (χ0) is 22.7. The molecule has 32 heavy (non-hydrogen) atoms. The van der Waals surface area contributed by atoms with Crippen LogP contribution in [0.2, 0.25) is 0 Å². The Balaban J connectivity index is 1.74. The lowest BCUT2D eigenvalue weighted by atomic mass is 10.0. The lowest BCUT2D eigenvalue weighted by Crippen LogP contribution is -2.32. The molecule has 1 aliphatic rings. The highest BCUT2D eigenvalue weighted by Gasteiger charge is 2.39. The van der Waals surface area contributed by atoms with Crippen LogP contribution in [0.15, 0.2) is 78.5 Å². The molecule has 0 spiro atoms. The molecule has 162 valence electrons. The average molecular weight is 428 g/mol. The molecule has 0 radical (unpaired) electrons. The van der Waals surface area contributed by atoms with Crippen LogP contribution in [0.25, 0.3) is 5.57 Å². The molecule has 3 aromatic rings. The molecule has 0 unspecified atom stereocenters. The van der Waals surface area contributed by atoms with Crippen molar-refractivity contribution >= 4 is 23.1 Å². The van der Waals surface area contributed by atoms with E-state index >= 15 is 0 Å². The molecular weight excluding hydrogens is 404 g/mol. The molecule has 0 aliphatic carbocycles. The van der Waals surface area contributed by atoms with E-state index in [1.807, 2.05) is 61.5 Å². The molecule has 0 atom stereocenters. The number of rotatable bonds is 7. The van der Waals surface area contributed by atoms with Gasteiger partial charge in [-0.15, -0.1) is 0 Å². The second-order valence-electron chi connectivity index (χ2n) is 7.49. The Hall–Kier alpha value is -4.06. The molecule has 4 rings (SSSR count). The molecule has 0 fully saturated rings. The summed E-state index contributed by atoms with van der Waals surface area (Å²) in [5, 5.41) is 3.15. The summed E-state index contributed by atoms with van der Waals surface area (Å²) in [4.78, 5) is 28.1. The molecule has 0 aromatic heterocycles. The van der Waals surface area contributed by atoms with Gasteiger partial charge in [-0.1, -0.05) is 60.2 Å². The van der Waals surface area contributed by atoms with E-state index in [-0.39, 0.29) is 24.1 Å². The fourth-order valence-electron chi connectivity index (χ4n) is 3.62. The van der Waals surface area contributed by atoms with Crippen LogP contribution >= 0.6 is 0 Å². The lowest BCUT2D eigenvalue weighted by molar-refractivity contribution is -0.137.